The van der Waals surface area contributed by atoms with Crippen molar-refractivity contribution in [3.63, 3.8) is 0 Å². The van der Waals surface area contributed by atoms with Crippen LogP contribution < -0.4 is 9.47 Å². The summed E-state index contributed by atoms with van der Waals surface area (Å²) in [5.74, 6) is 0.310. The van der Waals surface area contributed by atoms with Gasteiger partial charge in [0.2, 0.25) is 0 Å². The smallest absolute Gasteiger partial charge is 0.251 e. The standard InChI is InChI=1S/C14H13ClFNO2/c1-18-12-4-2-10(3-5-12)9-19-14-13(16)11(8-15)6-7-17-14/h2-7H,8-9H2,1H3. The van der Waals surface area contributed by atoms with Crippen molar-refractivity contribution in [2.24, 2.45) is 0 Å². The van der Waals surface area contributed by atoms with Crippen LogP contribution in [0.15, 0.2) is 36.5 Å². The molecule has 100 valence electrons. The van der Waals surface area contributed by atoms with E-state index in [4.69, 9.17) is 21.1 Å². The van der Waals surface area contributed by atoms with Crippen molar-refractivity contribution in [2.75, 3.05) is 7.11 Å². The van der Waals surface area contributed by atoms with Crippen molar-refractivity contribution in [2.45, 2.75) is 12.5 Å². The molecule has 0 spiro atoms. The molecule has 1 aromatic carbocycles. The number of hydrogen-bond donors (Lipinski definition) is 0. The van der Waals surface area contributed by atoms with E-state index in [1.165, 1.54) is 12.3 Å². The van der Waals surface area contributed by atoms with Crippen LogP contribution >= 0.6 is 11.6 Å². The normalized spacial score (nSPS) is 10.3. The Hall–Kier alpha value is -1.81. The predicted octanol–water partition coefficient (Wildman–Crippen LogP) is 3.55. The Morgan fingerprint density at radius 1 is 1.21 bits per heavy atom. The summed E-state index contributed by atoms with van der Waals surface area (Å²) in [6.07, 6.45) is 1.48. The number of aromatic nitrogens is 1. The van der Waals surface area contributed by atoms with Gasteiger partial charge < -0.3 is 9.47 Å². The molecule has 1 aromatic heterocycles. The number of halogens is 2. The number of rotatable bonds is 5. The summed E-state index contributed by atoms with van der Waals surface area (Å²) in [5.41, 5.74) is 1.28. The summed E-state index contributed by atoms with van der Waals surface area (Å²) in [6, 6.07) is 8.86. The second-order valence-electron chi connectivity index (χ2n) is 3.86. The summed E-state index contributed by atoms with van der Waals surface area (Å²) in [6.45, 7) is 0.236. The second-order valence-corrected chi connectivity index (χ2v) is 4.13. The van der Waals surface area contributed by atoms with Gasteiger partial charge in [-0.1, -0.05) is 12.1 Å². The van der Waals surface area contributed by atoms with E-state index in [2.05, 4.69) is 4.98 Å². The zero-order valence-corrected chi connectivity index (χ0v) is 11.2. The SMILES string of the molecule is COc1ccc(COc2nccc(CCl)c2F)cc1. The Bertz CT molecular complexity index is 546. The van der Waals surface area contributed by atoms with Gasteiger partial charge in [-0.05, 0) is 23.8 Å². The first kappa shape index (κ1) is 13.6. The monoisotopic (exact) mass is 281 g/mol. The molecule has 2 rings (SSSR count). The minimum absolute atomic E-state index is 0.0334. The van der Waals surface area contributed by atoms with E-state index in [1.54, 1.807) is 7.11 Å². The molecule has 0 saturated heterocycles. The minimum atomic E-state index is -0.508. The number of pyridine rings is 1. The quantitative estimate of drug-likeness (QED) is 0.786. The van der Waals surface area contributed by atoms with Gasteiger partial charge in [-0.25, -0.2) is 9.37 Å². The maximum absolute atomic E-state index is 13.8. The molecule has 0 aliphatic carbocycles. The molecule has 19 heavy (non-hydrogen) atoms. The average molecular weight is 282 g/mol. The highest BCUT2D eigenvalue weighted by atomic mass is 35.5. The molecule has 0 unspecified atom stereocenters. The largest absolute Gasteiger partial charge is 0.497 e. The van der Waals surface area contributed by atoms with E-state index >= 15 is 0 Å². The molecule has 0 fully saturated rings. The molecule has 2 aromatic rings. The number of nitrogens with zero attached hydrogens (tertiary/aromatic N) is 1. The summed E-state index contributed by atoms with van der Waals surface area (Å²) in [4.78, 5) is 3.86. The zero-order valence-electron chi connectivity index (χ0n) is 10.4. The van der Waals surface area contributed by atoms with Crippen molar-refractivity contribution < 1.29 is 13.9 Å². The van der Waals surface area contributed by atoms with Crippen LogP contribution in [-0.2, 0) is 12.5 Å². The van der Waals surface area contributed by atoms with Crippen molar-refractivity contribution in [1.29, 1.82) is 0 Å². The third-order valence-corrected chi connectivity index (χ3v) is 2.90. The molecule has 1 heterocycles. The van der Waals surface area contributed by atoms with Crippen molar-refractivity contribution in [1.82, 2.24) is 4.98 Å². The lowest BCUT2D eigenvalue weighted by Crippen LogP contribution is -2.01. The lowest BCUT2D eigenvalue weighted by Gasteiger charge is -2.08. The van der Waals surface area contributed by atoms with Gasteiger partial charge >= 0.3 is 0 Å². The zero-order chi connectivity index (χ0) is 13.7. The highest BCUT2D eigenvalue weighted by Gasteiger charge is 2.10. The highest BCUT2D eigenvalue weighted by molar-refractivity contribution is 6.17. The first-order chi connectivity index (χ1) is 9.24. The van der Waals surface area contributed by atoms with E-state index in [9.17, 15) is 4.39 Å². The second kappa shape index (κ2) is 6.38. The van der Waals surface area contributed by atoms with Crippen molar-refractivity contribution in [3.8, 4) is 11.6 Å². The van der Waals surface area contributed by atoms with Gasteiger partial charge in [0.15, 0.2) is 5.82 Å². The molecule has 5 heteroatoms. The Morgan fingerprint density at radius 3 is 2.58 bits per heavy atom. The Kier molecular flexibility index (Phi) is 4.58. The molecule has 0 radical (unpaired) electrons. The van der Waals surface area contributed by atoms with Gasteiger partial charge in [0.1, 0.15) is 12.4 Å². The van der Waals surface area contributed by atoms with Crippen LogP contribution in [0, 0.1) is 5.82 Å². The molecule has 0 aliphatic heterocycles. The summed E-state index contributed by atoms with van der Waals surface area (Å²) >= 11 is 5.62. The topological polar surface area (TPSA) is 31.4 Å². The predicted molar refractivity (Wildman–Crippen MR) is 71.1 cm³/mol. The van der Waals surface area contributed by atoms with Crippen molar-refractivity contribution >= 4 is 11.6 Å². The van der Waals surface area contributed by atoms with E-state index < -0.39 is 5.82 Å². The van der Waals surface area contributed by atoms with Gasteiger partial charge in [-0.3, -0.25) is 0 Å². The molecule has 0 saturated carbocycles. The molecule has 0 atom stereocenters. The van der Waals surface area contributed by atoms with Gasteiger partial charge in [-0.2, -0.15) is 0 Å². The fourth-order valence-corrected chi connectivity index (χ4v) is 1.75. The van der Waals surface area contributed by atoms with Gasteiger partial charge in [0.25, 0.3) is 5.88 Å². The summed E-state index contributed by atoms with van der Waals surface area (Å²) in [7, 11) is 1.60. The van der Waals surface area contributed by atoms with Gasteiger partial charge in [-0.15, -0.1) is 11.6 Å². The van der Waals surface area contributed by atoms with Crippen LogP contribution in [0.3, 0.4) is 0 Å². The highest BCUT2D eigenvalue weighted by Crippen LogP contribution is 2.20. The Balaban J connectivity index is 2.05. The van der Waals surface area contributed by atoms with Crippen LogP contribution in [0.5, 0.6) is 11.6 Å². The van der Waals surface area contributed by atoms with Crippen LogP contribution in [0.25, 0.3) is 0 Å². The van der Waals surface area contributed by atoms with E-state index in [0.717, 1.165) is 11.3 Å². The number of hydrogen-bond acceptors (Lipinski definition) is 3. The van der Waals surface area contributed by atoms with Crippen molar-refractivity contribution in [3.05, 3.63) is 53.5 Å². The fraction of sp³-hybridized carbons (Fsp3) is 0.214. The summed E-state index contributed by atoms with van der Waals surface area (Å²) in [5, 5.41) is 0. The lowest BCUT2D eigenvalue weighted by atomic mass is 10.2. The average Bonchev–Trinajstić information content (AvgIpc) is 2.47. The molecule has 0 bridgehead atoms. The van der Waals surface area contributed by atoms with E-state index in [1.807, 2.05) is 24.3 Å². The lowest BCUT2D eigenvalue weighted by molar-refractivity contribution is 0.276. The molecule has 0 amide bonds. The molecule has 0 N–H and O–H groups in total. The van der Waals surface area contributed by atoms with E-state index in [0.29, 0.717) is 5.56 Å². The van der Waals surface area contributed by atoms with Crippen LogP contribution in [0.1, 0.15) is 11.1 Å². The minimum Gasteiger partial charge on any atom is -0.497 e. The number of ether oxygens (including phenoxy) is 2. The molecular weight excluding hydrogens is 269 g/mol. The van der Waals surface area contributed by atoms with Crippen LogP contribution in [-0.4, -0.2) is 12.1 Å². The van der Waals surface area contributed by atoms with Crippen LogP contribution in [0.2, 0.25) is 0 Å². The molecule has 0 aliphatic rings. The molecular formula is C14H13ClFNO2. The van der Waals surface area contributed by atoms with Gasteiger partial charge in [0, 0.05) is 11.8 Å². The summed E-state index contributed by atoms with van der Waals surface area (Å²) < 4.78 is 24.2. The molecule has 3 nitrogen and oxygen atoms in total. The number of methoxy groups -OCH3 is 1. The van der Waals surface area contributed by atoms with E-state index in [-0.39, 0.29) is 18.4 Å². The third kappa shape index (κ3) is 3.35. The first-order valence-electron chi connectivity index (χ1n) is 5.69. The number of benzene rings is 1. The Labute approximate surface area is 115 Å². The first-order valence-corrected chi connectivity index (χ1v) is 6.23. The number of alkyl halides is 1. The maximum atomic E-state index is 13.8. The maximum Gasteiger partial charge on any atom is 0.251 e. The fourth-order valence-electron chi connectivity index (χ4n) is 1.54. The van der Waals surface area contributed by atoms with Crippen LogP contribution in [0.4, 0.5) is 4.39 Å². The Morgan fingerprint density at radius 2 is 1.95 bits per heavy atom. The van der Waals surface area contributed by atoms with Gasteiger partial charge in [0.05, 0.1) is 13.0 Å². The third-order valence-electron chi connectivity index (χ3n) is 2.62.